The van der Waals surface area contributed by atoms with Crippen LogP contribution in [-0.4, -0.2) is 34.1 Å². The van der Waals surface area contributed by atoms with Gasteiger partial charge in [0, 0.05) is 12.1 Å². The zero-order valence-electron chi connectivity index (χ0n) is 13.1. The van der Waals surface area contributed by atoms with Gasteiger partial charge in [-0.3, -0.25) is 9.69 Å². The Balaban J connectivity index is 1.86. The topological polar surface area (TPSA) is 70.0 Å². The maximum Gasteiger partial charge on any atom is 0.335 e. The molecular formula is C18H13ClN2O3S. The lowest BCUT2D eigenvalue weighted by atomic mass is 10.2. The van der Waals surface area contributed by atoms with Crippen molar-refractivity contribution in [1.29, 1.82) is 0 Å². The van der Waals surface area contributed by atoms with Gasteiger partial charge in [0.25, 0.3) is 5.91 Å². The monoisotopic (exact) mass is 372 g/mol. The van der Waals surface area contributed by atoms with Crippen LogP contribution in [0.2, 0.25) is 5.02 Å². The molecule has 3 rings (SSSR count). The molecule has 0 aliphatic carbocycles. The molecule has 1 N–H and O–H groups in total. The number of likely N-dealkylation sites (N-methyl/N-ethyl adjacent to an activating group) is 1. The smallest absolute Gasteiger partial charge is 0.335 e. The minimum Gasteiger partial charge on any atom is -0.478 e. The Morgan fingerprint density at radius 3 is 2.60 bits per heavy atom. The largest absolute Gasteiger partial charge is 0.478 e. The maximum absolute atomic E-state index is 12.4. The summed E-state index contributed by atoms with van der Waals surface area (Å²) in [4.78, 5) is 29.7. The summed E-state index contributed by atoms with van der Waals surface area (Å²) in [5.74, 6) is -1.14. The van der Waals surface area contributed by atoms with Gasteiger partial charge in [-0.05, 0) is 59.8 Å². The van der Waals surface area contributed by atoms with Crippen LogP contribution < -0.4 is 0 Å². The standard InChI is InChI=1S/C18H13ClN2O3S/c1-21-16(22)15(10-11-3-2-4-13(19)9-11)25-18(21)20-14-7-5-12(6-8-14)17(23)24/h2-10H,1H3,(H,23,24)/b15-10-,20-18?. The van der Waals surface area contributed by atoms with Crippen molar-refractivity contribution in [1.82, 2.24) is 4.90 Å². The molecule has 7 heteroatoms. The maximum atomic E-state index is 12.4. The van der Waals surface area contributed by atoms with Crippen LogP contribution in [-0.2, 0) is 4.79 Å². The highest BCUT2D eigenvalue weighted by Crippen LogP contribution is 2.33. The Hall–Kier alpha value is -2.57. The summed E-state index contributed by atoms with van der Waals surface area (Å²) in [6.45, 7) is 0. The van der Waals surface area contributed by atoms with Gasteiger partial charge in [0.1, 0.15) is 0 Å². The van der Waals surface area contributed by atoms with Crippen LogP contribution in [0.5, 0.6) is 0 Å². The van der Waals surface area contributed by atoms with E-state index in [0.717, 1.165) is 5.56 Å². The second-order valence-corrected chi connectivity index (χ2v) is 6.72. The van der Waals surface area contributed by atoms with E-state index in [1.165, 1.54) is 28.8 Å². The van der Waals surface area contributed by atoms with Gasteiger partial charge in [0.05, 0.1) is 16.2 Å². The number of aliphatic imine (C=N–C) groups is 1. The van der Waals surface area contributed by atoms with Gasteiger partial charge in [-0.1, -0.05) is 23.7 Å². The summed E-state index contributed by atoms with van der Waals surface area (Å²) >= 11 is 7.23. The number of nitrogens with zero attached hydrogens (tertiary/aromatic N) is 2. The molecule has 0 saturated carbocycles. The molecule has 0 radical (unpaired) electrons. The van der Waals surface area contributed by atoms with Crippen LogP contribution in [0.1, 0.15) is 15.9 Å². The van der Waals surface area contributed by atoms with Gasteiger partial charge in [0.15, 0.2) is 5.17 Å². The first kappa shape index (κ1) is 17.3. The van der Waals surface area contributed by atoms with Crippen LogP contribution in [0.25, 0.3) is 6.08 Å². The van der Waals surface area contributed by atoms with E-state index in [2.05, 4.69) is 4.99 Å². The molecule has 25 heavy (non-hydrogen) atoms. The summed E-state index contributed by atoms with van der Waals surface area (Å²) < 4.78 is 0. The minimum atomic E-state index is -0.992. The van der Waals surface area contributed by atoms with Crippen LogP contribution in [0.3, 0.4) is 0 Å². The number of hydrogen-bond donors (Lipinski definition) is 1. The Labute approximate surface area is 153 Å². The van der Waals surface area contributed by atoms with E-state index in [9.17, 15) is 9.59 Å². The van der Waals surface area contributed by atoms with Crippen molar-refractivity contribution in [2.24, 2.45) is 4.99 Å². The van der Waals surface area contributed by atoms with Gasteiger partial charge in [-0.25, -0.2) is 9.79 Å². The van der Waals surface area contributed by atoms with E-state index in [1.54, 1.807) is 37.4 Å². The van der Waals surface area contributed by atoms with Crippen molar-refractivity contribution in [2.75, 3.05) is 7.05 Å². The van der Waals surface area contributed by atoms with Gasteiger partial charge in [-0.2, -0.15) is 0 Å². The Bertz CT molecular complexity index is 907. The average Bonchev–Trinajstić information content (AvgIpc) is 2.83. The number of carboxylic acids is 1. The first-order chi connectivity index (χ1) is 11.9. The fourth-order valence-corrected chi connectivity index (χ4v) is 3.37. The van der Waals surface area contributed by atoms with Crippen molar-refractivity contribution < 1.29 is 14.7 Å². The summed E-state index contributed by atoms with van der Waals surface area (Å²) in [5, 5.41) is 10.1. The molecule has 5 nitrogen and oxygen atoms in total. The summed E-state index contributed by atoms with van der Waals surface area (Å²) in [7, 11) is 1.65. The molecule has 1 aliphatic heterocycles. The number of carbonyl (C=O) groups is 2. The molecule has 0 unspecified atom stereocenters. The third-order valence-electron chi connectivity index (χ3n) is 3.49. The number of aromatic carboxylic acids is 1. The van der Waals surface area contributed by atoms with E-state index in [1.807, 2.05) is 12.1 Å². The fourth-order valence-electron chi connectivity index (χ4n) is 2.19. The van der Waals surface area contributed by atoms with Crippen LogP contribution >= 0.6 is 23.4 Å². The lowest BCUT2D eigenvalue weighted by Crippen LogP contribution is -2.23. The molecule has 1 heterocycles. The van der Waals surface area contributed by atoms with Crippen LogP contribution in [0, 0.1) is 0 Å². The number of carbonyl (C=O) groups excluding carboxylic acids is 1. The first-order valence-corrected chi connectivity index (χ1v) is 8.49. The van der Waals surface area contributed by atoms with E-state index in [-0.39, 0.29) is 11.5 Å². The third kappa shape index (κ3) is 3.92. The van der Waals surface area contributed by atoms with E-state index >= 15 is 0 Å². The van der Waals surface area contributed by atoms with E-state index in [4.69, 9.17) is 16.7 Å². The summed E-state index contributed by atoms with van der Waals surface area (Å²) in [5.41, 5.74) is 1.61. The number of carboxylic acid groups (broad SMARTS) is 1. The number of halogens is 1. The van der Waals surface area contributed by atoms with Crippen molar-refractivity contribution in [3.63, 3.8) is 0 Å². The Kier molecular flexibility index (Phi) is 4.92. The lowest BCUT2D eigenvalue weighted by molar-refractivity contribution is -0.121. The van der Waals surface area contributed by atoms with Crippen LogP contribution in [0.15, 0.2) is 58.4 Å². The van der Waals surface area contributed by atoms with Gasteiger partial charge in [-0.15, -0.1) is 0 Å². The number of amides is 1. The van der Waals surface area contributed by atoms with Gasteiger partial charge < -0.3 is 5.11 Å². The quantitative estimate of drug-likeness (QED) is 0.817. The van der Waals surface area contributed by atoms with Gasteiger partial charge >= 0.3 is 5.97 Å². The van der Waals surface area contributed by atoms with Crippen LogP contribution in [0.4, 0.5) is 5.69 Å². The Morgan fingerprint density at radius 1 is 1.24 bits per heavy atom. The third-order valence-corrected chi connectivity index (χ3v) is 4.78. The second kappa shape index (κ2) is 7.13. The molecule has 1 fully saturated rings. The molecule has 2 aromatic rings. The molecule has 2 aromatic carbocycles. The summed E-state index contributed by atoms with van der Waals surface area (Å²) in [6, 6.07) is 13.4. The Morgan fingerprint density at radius 2 is 1.96 bits per heavy atom. The molecule has 0 aromatic heterocycles. The highest BCUT2D eigenvalue weighted by molar-refractivity contribution is 8.18. The lowest BCUT2D eigenvalue weighted by Gasteiger charge is -2.07. The molecule has 0 bridgehead atoms. The zero-order chi connectivity index (χ0) is 18.0. The number of rotatable bonds is 3. The van der Waals surface area contributed by atoms with E-state index < -0.39 is 5.97 Å². The van der Waals surface area contributed by atoms with Crippen molar-refractivity contribution in [2.45, 2.75) is 0 Å². The van der Waals surface area contributed by atoms with Crippen molar-refractivity contribution in [3.05, 3.63) is 69.6 Å². The average molecular weight is 373 g/mol. The normalized spacial score (nSPS) is 17.5. The van der Waals surface area contributed by atoms with Gasteiger partial charge in [0.2, 0.25) is 0 Å². The molecule has 1 saturated heterocycles. The number of amidine groups is 1. The highest BCUT2D eigenvalue weighted by atomic mass is 35.5. The predicted octanol–water partition coefficient (Wildman–Crippen LogP) is 4.27. The molecule has 1 amide bonds. The van der Waals surface area contributed by atoms with Crippen molar-refractivity contribution >= 4 is 52.2 Å². The number of hydrogen-bond acceptors (Lipinski definition) is 4. The zero-order valence-corrected chi connectivity index (χ0v) is 14.7. The minimum absolute atomic E-state index is 0.147. The molecule has 0 atom stereocenters. The predicted molar refractivity (Wildman–Crippen MR) is 100 cm³/mol. The second-order valence-electron chi connectivity index (χ2n) is 5.28. The summed E-state index contributed by atoms with van der Waals surface area (Å²) in [6.07, 6.45) is 1.77. The molecule has 0 spiro atoms. The molecule has 1 aliphatic rings. The molecular weight excluding hydrogens is 360 g/mol. The molecule has 126 valence electrons. The van der Waals surface area contributed by atoms with Crippen molar-refractivity contribution in [3.8, 4) is 0 Å². The van der Waals surface area contributed by atoms with E-state index in [0.29, 0.717) is 20.8 Å². The fraction of sp³-hybridized carbons (Fsp3) is 0.0556. The highest BCUT2D eigenvalue weighted by Gasteiger charge is 2.30. The SMILES string of the molecule is CN1C(=O)/C(=C/c2cccc(Cl)c2)SC1=Nc1ccc(C(=O)O)cc1. The first-order valence-electron chi connectivity index (χ1n) is 7.29. The number of benzene rings is 2. The number of thioether (sulfide) groups is 1.